The molecule has 11 heavy (non-hydrogen) atoms. The molecule has 0 saturated carbocycles. The van der Waals surface area contributed by atoms with Gasteiger partial charge in [-0.2, -0.15) is 0 Å². The van der Waals surface area contributed by atoms with Gasteiger partial charge < -0.3 is 5.32 Å². The Morgan fingerprint density at radius 3 is 2.64 bits per heavy atom. The summed E-state index contributed by atoms with van der Waals surface area (Å²) in [4.78, 5) is 10.9. The van der Waals surface area contributed by atoms with Gasteiger partial charge >= 0.3 is 0 Å². The molecular weight excluding hydrogens is 138 g/mol. The minimum absolute atomic E-state index is 0.0760. The summed E-state index contributed by atoms with van der Waals surface area (Å²) in [5.74, 6) is 2.61. The van der Waals surface area contributed by atoms with Crippen LogP contribution in [0.15, 0.2) is 0 Å². The van der Waals surface area contributed by atoms with Crippen molar-refractivity contribution in [1.29, 1.82) is 0 Å². The Bertz CT molecular complexity index is 157. The summed E-state index contributed by atoms with van der Waals surface area (Å²) in [5, 5.41) is 2.84. The van der Waals surface area contributed by atoms with Crippen LogP contribution in [0.2, 0.25) is 0 Å². The highest BCUT2D eigenvalue weighted by Crippen LogP contribution is 1.95. The average molecular weight is 153 g/mol. The quantitative estimate of drug-likeness (QED) is 0.606. The molecule has 62 valence electrons. The van der Waals surface area contributed by atoms with E-state index in [-0.39, 0.29) is 11.9 Å². The number of carbonyl (C=O) groups excluding carboxylic acids is 1. The largest absolute Gasteiger partial charge is 0.352 e. The zero-order valence-corrected chi connectivity index (χ0v) is 7.18. The van der Waals surface area contributed by atoms with Crippen molar-refractivity contribution in [1.82, 2.24) is 5.32 Å². The summed E-state index contributed by atoms with van der Waals surface area (Å²) in [6, 6.07) is 0.160. The lowest BCUT2D eigenvalue weighted by atomic mass is 10.1. The Kier molecular flexibility index (Phi) is 5.28. The summed E-state index contributed by atoms with van der Waals surface area (Å²) in [6.07, 6.45) is 7.18. The van der Waals surface area contributed by atoms with Gasteiger partial charge in [0.2, 0.25) is 5.91 Å². The highest BCUT2D eigenvalue weighted by molar-refractivity contribution is 5.75. The number of terminal acetylenes is 1. The Morgan fingerprint density at radius 1 is 1.64 bits per heavy atom. The van der Waals surface area contributed by atoms with E-state index < -0.39 is 0 Å². The van der Waals surface area contributed by atoms with Gasteiger partial charge in [-0.1, -0.05) is 13.8 Å². The van der Waals surface area contributed by atoms with Crippen molar-refractivity contribution < 1.29 is 4.79 Å². The van der Waals surface area contributed by atoms with Crippen LogP contribution in [0.25, 0.3) is 0 Å². The number of hydrogen-bond donors (Lipinski definition) is 1. The zero-order valence-electron chi connectivity index (χ0n) is 7.18. The normalized spacial score (nSPS) is 11.7. The standard InChI is InChI=1S/C9H15NO/c1-4-7-8(5-2)10-9(11)6-3/h1,8H,5-7H2,2-3H3,(H,10,11). The Balaban J connectivity index is 3.70. The highest BCUT2D eigenvalue weighted by atomic mass is 16.1. The molecule has 0 aliphatic carbocycles. The third kappa shape index (κ3) is 4.44. The average Bonchev–Trinajstić information content (AvgIpc) is 2.03. The molecule has 0 heterocycles. The van der Waals surface area contributed by atoms with Gasteiger partial charge in [0.25, 0.3) is 0 Å². The van der Waals surface area contributed by atoms with Gasteiger partial charge in [-0.15, -0.1) is 12.3 Å². The van der Waals surface area contributed by atoms with Crippen LogP contribution < -0.4 is 5.32 Å². The van der Waals surface area contributed by atoms with Crippen LogP contribution >= 0.6 is 0 Å². The van der Waals surface area contributed by atoms with Gasteiger partial charge in [-0.3, -0.25) is 4.79 Å². The first kappa shape index (κ1) is 10.0. The fraction of sp³-hybridized carbons (Fsp3) is 0.667. The SMILES string of the molecule is C#CCC(CC)NC(=O)CC. The Labute approximate surface area is 68.4 Å². The maximum Gasteiger partial charge on any atom is 0.219 e. The number of hydrogen-bond acceptors (Lipinski definition) is 1. The molecule has 1 unspecified atom stereocenters. The Morgan fingerprint density at radius 2 is 2.27 bits per heavy atom. The van der Waals surface area contributed by atoms with E-state index in [1.165, 1.54) is 0 Å². The van der Waals surface area contributed by atoms with Crippen LogP contribution in [0, 0.1) is 12.3 Å². The molecule has 2 nitrogen and oxygen atoms in total. The molecule has 0 aromatic carbocycles. The van der Waals surface area contributed by atoms with Gasteiger partial charge in [-0.05, 0) is 6.42 Å². The predicted octanol–water partition coefficient (Wildman–Crippen LogP) is 1.31. The molecular formula is C9H15NO. The molecule has 0 aromatic rings. The van der Waals surface area contributed by atoms with E-state index in [2.05, 4.69) is 11.2 Å². The molecule has 0 bridgehead atoms. The zero-order chi connectivity index (χ0) is 8.69. The molecule has 0 aliphatic rings. The third-order valence-electron chi connectivity index (χ3n) is 1.54. The fourth-order valence-electron chi connectivity index (χ4n) is 0.769. The molecule has 0 saturated heterocycles. The van der Waals surface area contributed by atoms with Gasteiger partial charge in [0.1, 0.15) is 0 Å². The molecule has 0 radical (unpaired) electrons. The second kappa shape index (κ2) is 5.79. The smallest absolute Gasteiger partial charge is 0.219 e. The van der Waals surface area contributed by atoms with E-state index >= 15 is 0 Å². The molecule has 1 amide bonds. The van der Waals surface area contributed by atoms with Crippen LogP contribution in [-0.2, 0) is 4.79 Å². The van der Waals surface area contributed by atoms with E-state index in [4.69, 9.17) is 6.42 Å². The predicted molar refractivity (Wildman–Crippen MR) is 46.0 cm³/mol. The van der Waals surface area contributed by atoms with Crippen molar-refractivity contribution in [3.63, 3.8) is 0 Å². The van der Waals surface area contributed by atoms with Crippen LogP contribution in [0.1, 0.15) is 33.1 Å². The fourth-order valence-corrected chi connectivity index (χ4v) is 0.769. The Hall–Kier alpha value is -0.970. The number of carbonyl (C=O) groups is 1. The molecule has 0 fully saturated rings. The maximum absolute atomic E-state index is 10.9. The summed E-state index contributed by atoms with van der Waals surface area (Å²) in [6.45, 7) is 3.84. The van der Waals surface area contributed by atoms with Crippen LogP contribution in [-0.4, -0.2) is 11.9 Å². The van der Waals surface area contributed by atoms with Crippen molar-refractivity contribution >= 4 is 5.91 Å². The molecule has 1 N–H and O–H groups in total. The van der Waals surface area contributed by atoms with Crippen molar-refractivity contribution in [2.45, 2.75) is 39.2 Å². The third-order valence-corrected chi connectivity index (χ3v) is 1.54. The number of amides is 1. The molecule has 0 spiro atoms. The van der Waals surface area contributed by atoms with Crippen molar-refractivity contribution in [3.05, 3.63) is 0 Å². The highest BCUT2D eigenvalue weighted by Gasteiger charge is 2.05. The monoisotopic (exact) mass is 153 g/mol. The van der Waals surface area contributed by atoms with Crippen molar-refractivity contribution in [2.75, 3.05) is 0 Å². The van der Waals surface area contributed by atoms with Crippen molar-refractivity contribution in [2.24, 2.45) is 0 Å². The van der Waals surface area contributed by atoms with Crippen molar-refractivity contribution in [3.8, 4) is 12.3 Å². The maximum atomic E-state index is 10.9. The molecule has 0 aliphatic heterocycles. The van der Waals surface area contributed by atoms with E-state index in [0.717, 1.165) is 6.42 Å². The first-order chi connectivity index (χ1) is 5.24. The number of rotatable bonds is 4. The lowest BCUT2D eigenvalue weighted by Gasteiger charge is -2.12. The van der Waals surface area contributed by atoms with Crippen LogP contribution in [0.3, 0.4) is 0 Å². The molecule has 2 heteroatoms. The van der Waals surface area contributed by atoms with Gasteiger partial charge in [0.05, 0.1) is 0 Å². The topological polar surface area (TPSA) is 29.1 Å². The van der Waals surface area contributed by atoms with Crippen LogP contribution in [0.5, 0.6) is 0 Å². The van der Waals surface area contributed by atoms with E-state index in [1.54, 1.807) is 0 Å². The van der Waals surface area contributed by atoms with E-state index in [0.29, 0.717) is 12.8 Å². The minimum Gasteiger partial charge on any atom is -0.352 e. The molecule has 0 aromatic heterocycles. The van der Waals surface area contributed by atoms with Crippen LogP contribution in [0.4, 0.5) is 0 Å². The summed E-state index contributed by atoms with van der Waals surface area (Å²) >= 11 is 0. The lowest BCUT2D eigenvalue weighted by Crippen LogP contribution is -2.33. The minimum atomic E-state index is 0.0760. The summed E-state index contributed by atoms with van der Waals surface area (Å²) in [7, 11) is 0. The second-order valence-electron chi connectivity index (χ2n) is 2.43. The van der Waals surface area contributed by atoms with Gasteiger partial charge in [0, 0.05) is 18.9 Å². The summed E-state index contributed by atoms with van der Waals surface area (Å²) < 4.78 is 0. The lowest BCUT2D eigenvalue weighted by molar-refractivity contribution is -0.121. The first-order valence-electron chi connectivity index (χ1n) is 3.97. The van der Waals surface area contributed by atoms with E-state index in [1.807, 2.05) is 13.8 Å². The van der Waals surface area contributed by atoms with Gasteiger partial charge in [0.15, 0.2) is 0 Å². The molecule has 1 atom stereocenters. The van der Waals surface area contributed by atoms with Gasteiger partial charge in [-0.25, -0.2) is 0 Å². The summed E-state index contributed by atoms with van der Waals surface area (Å²) in [5.41, 5.74) is 0. The molecule has 0 rings (SSSR count). The first-order valence-corrected chi connectivity index (χ1v) is 3.97. The number of nitrogens with one attached hydrogen (secondary N) is 1. The second-order valence-corrected chi connectivity index (χ2v) is 2.43. The van der Waals surface area contributed by atoms with E-state index in [9.17, 15) is 4.79 Å².